The fourth-order valence-electron chi connectivity index (χ4n) is 4.14. The van der Waals surface area contributed by atoms with Crippen LogP contribution in [-0.2, 0) is 17.6 Å². The Labute approximate surface area is 189 Å². The van der Waals surface area contributed by atoms with Crippen molar-refractivity contribution in [1.82, 2.24) is 0 Å². The maximum atomic E-state index is 13.0. The lowest BCUT2D eigenvalue weighted by Gasteiger charge is -2.33. The number of carbonyl (C=O) groups excluding carboxylic acids is 2. The van der Waals surface area contributed by atoms with E-state index in [1.165, 1.54) is 21.8 Å². The second-order valence-corrected chi connectivity index (χ2v) is 10.7. The SMILES string of the molecule is CC[C@@H](Oc1ccc(C)c(C)c1)C(=O)Nc1sc2c(c1C(N)=O)CC[C@@H](C(C)(C)C)C2. The molecule has 0 radical (unpaired) electrons. The van der Waals surface area contributed by atoms with Crippen molar-refractivity contribution in [1.29, 1.82) is 0 Å². The first kappa shape index (κ1) is 23.3. The summed E-state index contributed by atoms with van der Waals surface area (Å²) in [6, 6.07) is 5.81. The quantitative estimate of drug-likeness (QED) is 0.627. The summed E-state index contributed by atoms with van der Waals surface area (Å²) < 4.78 is 5.97. The molecule has 0 bridgehead atoms. The molecule has 2 aromatic rings. The number of carbonyl (C=O) groups is 2. The maximum absolute atomic E-state index is 13.0. The lowest BCUT2D eigenvalue weighted by Crippen LogP contribution is -2.33. The third-order valence-corrected chi connectivity index (χ3v) is 7.56. The molecule has 6 heteroatoms. The van der Waals surface area contributed by atoms with Crippen LogP contribution in [0.2, 0.25) is 0 Å². The Morgan fingerprint density at radius 1 is 1.26 bits per heavy atom. The number of anilines is 1. The Kier molecular flexibility index (Phi) is 6.79. The average Bonchev–Trinajstić information content (AvgIpc) is 3.05. The lowest BCUT2D eigenvalue weighted by molar-refractivity contribution is -0.122. The minimum atomic E-state index is -0.649. The molecular formula is C25H34N2O3S. The standard InChI is InChI=1S/C25H34N2O3S/c1-7-19(30-17-10-8-14(2)15(3)12-17)23(29)27-24-21(22(26)28)18-11-9-16(25(4,5)6)13-20(18)31-24/h8,10,12,16,19H,7,9,11,13H2,1-6H3,(H2,26,28)(H,27,29)/t16-,19-/m1/s1. The van der Waals surface area contributed by atoms with Crippen molar-refractivity contribution < 1.29 is 14.3 Å². The molecule has 3 N–H and O–H groups in total. The Balaban J connectivity index is 1.82. The number of ether oxygens (including phenoxy) is 1. The van der Waals surface area contributed by atoms with Gasteiger partial charge >= 0.3 is 0 Å². The molecular weight excluding hydrogens is 408 g/mol. The topological polar surface area (TPSA) is 81.4 Å². The summed E-state index contributed by atoms with van der Waals surface area (Å²) >= 11 is 1.49. The van der Waals surface area contributed by atoms with Gasteiger partial charge in [-0.1, -0.05) is 33.8 Å². The number of benzene rings is 1. The van der Waals surface area contributed by atoms with E-state index in [-0.39, 0.29) is 11.3 Å². The molecule has 2 amide bonds. The van der Waals surface area contributed by atoms with Crippen LogP contribution in [0.25, 0.3) is 0 Å². The molecule has 0 saturated carbocycles. The van der Waals surface area contributed by atoms with Gasteiger partial charge in [-0.2, -0.15) is 0 Å². The number of hydrogen-bond acceptors (Lipinski definition) is 4. The molecule has 168 valence electrons. The third kappa shape index (κ3) is 5.12. The highest BCUT2D eigenvalue weighted by Crippen LogP contribution is 2.44. The molecule has 3 rings (SSSR count). The summed E-state index contributed by atoms with van der Waals surface area (Å²) in [7, 11) is 0. The lowest BCUT2D eigenvalue weighted by atomic mass is 9.72. The van der Waals surface area contributed by atoms with Gasteiger partial charge in [0, 0.05) is 4.88 Å². The van der Waals surface area contributed by atoms with Gasteiger partial charge in [-0.05, 0) is 79.7 Å². The van der Waals surface area contributed by atoms with E-state index < -0.39 is 12.0 Å². The van der Waals surface area contributed by atoms with E-state index in [0.29, 0.717) is 28.7 Å². The van der Waals surface area contributed by atoms with Crippen LogP contribution in [0.1, 0.15) is 72.5 Å². The van der Waals surface area contributed by atoms with Gasteiger partial charge < -0.3 is 15.8 Å². The van der Waals surface area contributed by atoms with Crippen LogP contribution in [0, 0.1) is 25.2 Å². The van der Waals surface area contributed by atoms with E-state index in [1.807, 2.05) is 39.0 Å². The number of amides is 2. The summed E-state index contributed by atoms with van der Waals surface area (Å²) in [6.07, 6.45) is 2.62. The van der Waals surface area contributed by atoms with Gasteiger partial charge in [0.05, 0.1) is 5.56 Å². The van der Waals surface area contributed by atoms with Crippen LogP contribution in [0.5, 0.6) is 5.75 Å². The summed E-state index contributed by atoms with van der Waals surface area (Å²) in [4.78, 5) is 26.5. The number of primary amides is 1. The van der Waals surface area contributed by atoms with Crippen molar-refractivity contribution in [2.45, 2.75) is 73.3 Å². The van der Waals surface area contributed by atoms with Gasteiger partial charge in [-0.15, -0.1) is 11.3 Å². The predicted molar refractivity (Wildman–Crippen MR) is 127 cm³/mol. The van der Waals surface area contributed by atoms with E-state index in [1.54, 1.807) is 0 Å². The second kappa shape index (κ2) is 9.03. The van der Waals surface area contributed by atoms with Crippen LogP contribution < -0.4 is 15.8 Å². The zero-order chi connectivity index (χ0) is 22.9. The van der Waals surface area contributed by atoms with Crippen LogP contribution in [0.4, 0.5) is 5.00 Å². The summed E-state index contributed by atoms with van der Waals surface area (Å²) in [5.74, 6) is 0.470. The first-order valence-electron chi connectivity index (χ1n) is 11.0. The van der Waals surface area contributed by atoms with E-state index >= 15 is 0 Å². The molecule has 0 aliphatic heterocycles. The summed E-state index contributed by atoms with van der Waals surface area (Å²) in [6.45, 7) is 12.7. The van der Waals surface area contributed by atoms with Gasteiger partial charge in [0.2, 0.25) is 0 Å². The first-order valence-corrected chi connectivity index (χ1v) is 11.8. The Hall–Kier alpha value is -2.34. The molecule has 5 nitrogen and oxygen atoms in total. The van der Waals surface area contributed by atoms with Crippen molar-refractivity contribution in [3.8, 4) is 5.75 Å². The fourth-order valence-corrected chi connectivity index (χ4v) is 5.48. The average molecular weight is 443 g/mol. The van der Waals surface area contributed by atoms with Crippen molar-refractivity contribution in [3.63, 3.8) is 0 Å². The molecule has 2 atom stereocenters. The van der Waals surface area contributed by atoms with E-state index in [2.05, 4.69) is 26.1 Å². The molecule has 1 heterocycles. The molecule has 0 saturated heterocycles. The van der Waals surface area contributed by atoms with Crippen LogP contribution in [0.15, 0.2) is 18.2 Å². The summed E-state index contributed by atoms with van der Waals surface area (Å²) in [5, 5.41) is 3.51. The highest BCUT2D eigenvalue weighted by atomic mass is 32.1. The molecule has 1 aromatic carbocycles. The van der Waals surface area contributed by atoms with Crippen LogP contribution in [-0.4, -0.2) is 17.9 Å². The Morgan fingerprint density at radius 2 is 1.97 bits per heavy atom. The van der Waals surface area contributed by atoms with Crippen LogP contribution in [0.3, 0.4) is 0 Å². The van der Waals surface area contributed by atoms with Crippen molar-refractivity contribution in [2.75, 3.05) is 5.32 Å². The minimum absolute atomic E-state index is 0.200. The molecule has 31 heavy (non-hydrogen) atoms. The van der Waals surface area contributed by atoms with Crippen molar-refractivity contribution in [3.05, 3.63) is 45.3 Å². The fraction of sp³-hybridized carbons (Fsp3) is 0.520. The van der Waals surface area contributed by atoms with Gasteiger partial charge in [0.25, 0.3) is 11.8 Å². The third-order valence-electron chi connectivity index (χ3n) is 6.39. The van der Waals surface area contributed by atoms with Gasteiger partial charge in [-0.25, -0.2) is 0 Å². The molecule has 1 aliphatic carbocycles. The number of nitrogens with one attached hydrogen (secondary N) is 1. The molecule has 0 fully saturated rings. The number of fused-ring (bicyclic) bond motifs is 1. The Bertz CT molecular complexity index is 987. The van der Waals surface area contributed by atoms with Gasteiger partial charge in [0.1, 0.15) is 10.8 Å². The van der Waals surface area contributed by atoms with E-state index in [0.717, 1.165) is 30.4 Å². The highest BCUT2D eigenvalue weighted by Gasteiger charge is 2.34. The molecule has 0 unspecified atom stereocenters. The number of nitrogens with two attached hydrogens (primary N) is 1. The molecule has 1 aromatic heterocycles. The van der Waals surface area contributed by atoms with Crippen molar-refractivity contribution in [2.24, 2.45) is 17.1 Å². The van der Waals surface area contributed by atoms with Crippen molar-refractivity contribution >= 4 is 28.2 Å². The van der Waals surface area contributed by atoms with E-state index in [9.17, 15) is 9.59 Å². The van der Waals surface area contributed by atoms with E-state index in [4.69, 9.17) is 10.5 Å². The number of hydrogen-bond donors (Lipinski definition) is 2. The summed E-state index contributed by atoms with van der Waals surface area (Å²) in [5.41, 5.74) is 9.70. The first-order chi connectivity index (χ1) is 14.5. The van der Waals surface area contributed by atoms with Gasteiger partial charge in [-0.3, -0.25) is 9.59 Å². The Morgan fingerprint density at radius 3 is 2.55 bits per heavy atom. The van der Waals surface area contributed by atoms with Gasteiger partial charge in [0.15, 0.2) is 6.10 Å². The number of rotatable bonds is 6. The largest absolute Gasteiger partial charge is 0.481 e. The molecule has 0 spiro atoms. The van der Waals surface area contributed by atoms with Crippen LogP contribution >= 0.6 is 11.3 Å². The highest BCUT2D eigenvalue weighted by molar-refractivity contribution is 7.17. The normalized spacial score (nSPS) is 17.0. The smallest absolute Gasteiger partial charge is 0.266 e. The predicted octanol–water partition coefficient (Wildman–Crippen LogP) is 5.41. The molecule has 1 aliphatic rings. The minimum Gasteiger partial charge on any atom is -0.481 e. The number of thiophene rings is 1. The second-order valence-electron chi connectivity index (χ2n) is 9.63. The monoisotopic (exact) mass is 442 g/mol. The zero-order valence-corrected chi connectivity index (χ0v) is 20.2. The zero-order valence-electron chi connectivity index (χ0n) is 19.4. The number of aryl methyl sites for hydroxylation is 2. The maximum Gasteiger partial charge on any atom is 0.266 e.